The minimum atomic E-state index is -0.838. The normalized spacial score (nSPS) is 26.7. The molecule has 1 heterocycles. The molecule has 4 rings (SSSR count). The Morgan fingerprint density at radius 2 is 1.74 bits per heavy atom. The maximum atomic E-state index is 14.1. The molecule has 2 aromatic carbocycles. The van der Waals surface area contributed by atoms with E-state index in [0.717, 1.165) is 16.9 Å². The first-order valence-corrected chi connectivity index (χ1v) is 13.7. The predicted octanol–water partition coefficient (Wildman–Crippen LogP) is 7.36. The van der Waals surface area contributed by atoms with Gasteiger partial charge in [-0.05, 0) is 76.4 Å². The van der Waals surface area contributed by atoms with E-state index < -0.39 is 23.2 Å². The average molecular weight is 540 g/mol. The predicted molar refractivity (Wildman–Crippen MR) is 149 cm³/mol. The molecule has 38 heavy (non-hydrogen) atoms. The fourth-order valence-corrected chi connectivity index (χ4v) is 6.50. The van der Waals surface area contributed by atoms with E-state index in [1.807, 2.05) is 78.0 Å². The summed E-state index contributed by atoms with van der Waals surface area (Å²) in [4.78, 5) is 28.7. The third-order valence-corrected chi connectivity index (χ3v) is 8.16. The zero-order valence-electron chi connectivity index (χ0n) is 23.3. The highest BCUT2D eigenvalue weighted by Gasteiger charge is 2.62. The molecular formula is C31H38ClNO5. The van der Waals surface area contributed by atoms with Gasteiger partial charge < -0.3 is 14.2 Å². The molecule has 0 spiro atoms. The highest BCUT2D eigenvalue weighted by molar-refractivity contribution is 6.31. The Kier molecular flexibility index (Phi) is 7.85. The maximum Gasteiger partial charge on any atom is 0.417 e. The van der Waals surface area contributed by atoms with Gasteiger partial charge in [0.05, 0.1) is 19.1 Å². The summed E-state index contributed by atoms with van der Waals surface area (Å²) in [7, 11) is 1.61. The monoisotopic (exact) mass is 539 g/mol. The van der Waals surface area contributed by atoms with Crippen molar-refractivity contribution in [3.05, 3.63) is 70.8 Å². The molecular weight excluding hydrogens is 502 g/mol. The number of rotatable bonds is 6. The topological polar surface area (TPSA) is 65.1 Å². The molecule has 0 aromatic heterocycles. The number of allylic oxidation sites excluding steroid dienone is 1. The second-order valence-corrected chi connectivity index (χ2v) is 11.5. The van der Waals surface area contributed by atoms with Crippen LogP contribution in [-0.2, 0) is 9.53 Å². The number of benzene rings is 2. The van der Waals surface area contributed by atoms with Crippen LogP contribution in [0.15, 0.2) is 54.6 Å². The molecule has 0 saturated carbocycles. The summed E-state index contributed by atoms with van der Waals surface area (Å²) in [6, 6.07) is 13.4. The first kappa shape index (κ1) is 28.0. The van der Waals surface area contributed by atoms with Gasteiger partial charge in [0, 0.05) is 28.8 Å². The van der Waals surface area contributed by atoms with Crippen LogP contribution in [-0.4, -0.2) is 42.3 Å². The number of halogens is 1. The zero-order valence-corrected chi connectivity index (χ0v) is 24.0. The van der Waals surface area contributed by atoms with Gasteiger partial charge in [-0.3, -0.25) is 4.79 Å². The molecule has 204 valence electrons. The van der Waals surface area contributed by atoms with Crippen LogP contribution in [0.1, 0.15) is 70.9 Å². The van der Waals surface area contributed by atoms with E-state index in [9.17, 15) is 9.59 Å². The minimum Gasteiger partial charge on any atom is -0.497 e. The first-order chi connectivity index (χ1) is 18.0. The summed E-state index contributed by atoms with van der Waals surface area (Å²) in [5.41, 5.74) is 0.453. The smallest absolute Gasteiger partial charge is 0.417 e. The standard InChI is InChI=1S/C31H38ClNO5/c1-8-31-17-16-24(23-15-14-22(36-7)18-25(23)32)26(20-10-12-21(13-11-20)37-9-2)27(31)19(3)33(28(31)34)29(35)38-30(4,5)6/h10-19,24,26-27H,8-9H2,1-7H3/t19-,24+,26+,27+,31-/m1/s1. The van der Waals surface area contributed by atoms with Crippen LogP contribution in [0.5, 0.6) is 11.5 Å². The third-order valence-electron chi connectivity index (χ3n) is 7.83. The molecule has 2 amide bonds. The second kappa shape index (κ2) is 10.6. The van der Waals surface area contributed by atoms with Crippen molar-refractivity contribution in [3.63, 3.8) is 0 Å². The summed E-state index contributed by atoms with van der Waals surface area (Å²) < 4.78 is 16.8. The average Bonchev–Trinajstić information content (AvgIpc) is 3.10. The van der Waals surface area contributed by atoms with Crippen LogP contribution in [0.2, 0.25) is 5.02 Å². The Balaban J connectivity index is 1.87. The molecule has 0 unspecified atom stereocenters. The van der Waals surface area contributed by atoms with E-state index in [-0.39, 0.29) is 23.7 Å². The van der Waals surface area contributed by atoms with Crippen molar-refractivity contribution >= 4 is 23.6 Å². The molecule has 6 nitrogen and oxygen atoms in total. The van der Waals surface area contributed by atoms with Gasteiger partial charge in [0.15, 0.2) is 0 Å². The van der Waals surface area contributed by atoms with Crippen molar-refractivity contribution in [1.29, 1.82) is 0 Å². The zero-order chi connectivity index (χ0) is 27.8. The highest BCUT2D eigenvalue weighted by atomic mass is 35.5. The Hall–Kier alpha value is -2.99. The molecule has 2 aliphatic rings. The Morgan fingerprint density at radius 1 is 1.08 bits per heavy atom. The number of nitrogens with zero attached hydrogens (tertiary/aromatic N) is 1. The summed E-state index contributed by atoms with van der Waals surface area (Å²) in [5.74, 6) is 0.809. The van der Waals surface area contributed by atoms with Gasteiger partial charge in [0.1, 0.15) is 17.1 Å². The molecule has 0 radical (unpaired) electrons. The van der Waals surface area contributed by atoms with Crippen LogP contribution in [0, 0.1) is 11.3 Å². The van der Waals surface area contributed by atoms with E-state index in [0.29, 0.717) is 23.8 Å². The van der Waals surface area contributed by atoms with E-state index >= 15 is 0 Å². The number of hydrogen-bond acceptors (Lipinski definition) is 5. The van der Waals surface area contributed by atoms with Crippen LogP contribution in [0.4, 0.5) is 4.79 Å². The second-order valence-electron chi connectivity index (χ2n) is 11.1. The van der Waals surface area contributed by atoms with Crippen molar-refractivity contribution in [3.8, 4) is 11.5 Å². The van der Waals surface area contributed by atoms with E-state index in [1.54, 1.807) is 7.11 Å². The highest BCUT2D eigenvalue weighted by Crippen LogP contribution is 2.59. The lowest BCUT2D eigenvalue weighted by atomic mass is 9.57. The van der Waals surface area contributed by atoms with Crippen molar-refractivity contribution in [2.45, 2.75) is 71.4 Å². The SMILES string of the molecule is CCOc1ccc([C@@H]2[C@@H]3[C@@H](C)N(C(=O)OC(C)(C)C)C(=O)[C@]3(CC)C=C[C@H]2c2ccc(OC)cc2Cl)cc1. The summed E-state index contributed by atoms with van der Waals surface area (Å²) >= 11 is 6.80. The lowest BCUT2D eigenvalue weighted by Crippen LogP contribution is -2.43. The quantitative estimate of drug-likeness (QED) is 0.359. The number of hydrogen-bond donors (Lipinski definition) is 0. The molecule has 1 aliphatic carbocycles. The number of likely N-dealkylation sites (tertiary alicyclic amines) is 1. The van der Waals surface area contributed by atoms with Gasteiger partial charge in [-0.15, -0.1) is 0 Å². The number of carbonyl (C=O) groups is 2. The van der Waals surface area contributed by atoms with E-state index in [2.05, 4.69) is 18.2 Å². The number of ether oxygens (including phenoxy) is 3. The number of amides is 2. The fourth-order valence-electron chi connectivity index (χ4n) is 6.20. The van der Waals surface area contributed by atoms with Crippen LogP contribution in [0.3, 0.4) is 0 Å². The van der Waals surface area contributed by atoms with Gasteiger partial charge in [0.2, 0.25) is 5.91 Å². The van der Waals surface area contributed by atoms with Gasteiger partial charge in [-0.25, -0.2) is 9.69 Å². The number of carbonyl (C=O) groups excluding carboxylic acids is 2. The van der Waals surface area contributed by atoms with Gasteiger partial charge >= 0.3 is 6.09 Å². The first-order valence-electron chi connectivity index (χ1n) is 13.3. The molecule has 0 bridgehead atoms. The van der Waals surface area contributed by atoms with Gasteiger partial charge in [0.25, 0.3) is 0 Å². The molecule has 2 aromatic rings. The van der Waals surface area contributed by atoms with Crippen LogP contribution >= 0.6 is 11.6 Å². The molecule has 1 fully saturated rings. The van der Waals surface area contributed by atoms with Crippen molar-refractivity contribution in [2.24, 2.45) is 11.3 Å². The van der Waals surface area contributed by atoms with E-state index in [1.165, 1.54) is 4.90 Å². The van der Waals surface area contributed by atoms with Crippen molar-refractivity contribution in [2.75, 3.05) is 13.7 Å². The van der Waals surface area contributed by atoms with E-state index in [4.69, 9.17) is 25.8 Å². The number of methoxy groups -OCH3 is 1. The van der Waals surface area contributed by atoms with Crippen molar-refractivity contribution < 1.29 is 23.8 Å². The minimum absolute atomic E-state index is 0.120. The summed E-state index contributed by atoms with van der Waals surface area (Å²) in [5, 5.41) is 0.597. The van der Waals surface area contributed by atoms with Crippen LogP contribution < -0.4 is 9.47 Å². The fraction of sp³-hybridized carbons (Fsp3) is 0.484. The van der Waals surface area contributed by atoms with Crippen molar-refractivity contribution in [1.82, 2.24) is 4.90 Å². The molecule has 5 atom stereocenters. The lowest BCUT2D eigenvalue weighted by molar-refractivity contribution is -0.134. The number of fused-ring (bicyclic) bond motifs is 1. The largest absolute Gasteiger partial charge is 0.497 e. The van der Waals surface area contributed by atoms with Gasteiger partial charge in [-0.2, -0.15) is 0 Å². The Morgan fingerprint density at radius 3 is 2.29 bits per heavy atom. The summed E-state index contributed by atoms with van der Waals surface area (Å²) in [6.45, 7) is 11.9. The summed E-state index contributed by atoms with van der Waals surface area (Å²) in [6.07, 6.45) is 4.07. The van der Waals surface area contributed by atoms with Crippen LogP contribution in [0.25, 0.3) is 0 Å². The van der Waals surface area contributed by atoms with Gasteiger partial charge in [-0.1, -0.05) is 48.9 Å². The molecule has 1 aliphatic heterocycles. The lowest BCUT2D eigenvalue weighted by Gasteiger charge is -2.44. The molecule has 0 N–H and O–H groups in total. The molecule has 7 heteroatoms. The third kappa shape index (κ3) is 4.91. The number of imide groups is 1. The molecule has 1 saturated heterocycles. The Labute approximate surface area is 230 Å². The Bertz CT molecular complexity index is 1220. The maximum absolute atomic E-state index is 14.1.